The molecule has 0 N–H and O–H groups in total. The van der Waals surface area contributed by atoms with Crippen LogP contribution in [0.3, 0.4) is 0 Å². The molecule has 2 aliphatic heterocycles. The maximum atomic E-state index is 12.6. The second-order valence-corrected chi connectivity index (χ2v) is 7.20. The van der Waals surface area contributed by atoms with Crippen molar-refractivity contribution in [3.8, 4) is 0 Å². The van der Waals surface area contributed by atoms with Gasteiger partial charge in [0.05, 0.1) is 6.04 Å². The first-order valence-corrected chi connectivity index (χ1v) is 8.86. The van der Waals surface area contributed by atoms with Crippen LogP contribution >= 0.6 is 0 Å². The van der Waals surface area contributed by atoms with E-state index in [0.717, 1.165) is 0 Å². The zero-order chi connectivity index (χ0) is 18.3. The molecule has 26 heavy (non-hydrogen) atoms. The van der Waals surface area contributed by atoms with Crippen LogP contribution < -0.4 is 0 Å². The van der Waals surface area contributed by atoms with E-state index in [0.29, 0.717) is 25.6 Å². The first-order chi connectivity index (χ1) is 12.5. The molecule has 0 spiro atoms. The van der Waals surface area contributed by atoms with E-state index in [1.54, 1.807) is 6.92 Å². The summed E-state index contributed by atoms with van der Waals surface area (Å²) in [5, 5.41) is 10.9. The third-order valence-corrected chi connectivity index (χ3v) is 5.62. The summed E-state index contributed by atoms with van der Waals surface area (Å²) in [5.41, 5.74) is 2.37. The number of rotatable bonds is 3. The van der Waals surface area contributed by atoms with E-state index in [2.05, 4.69) is 34.6 Å². The van der Waals surface area contributed by atoms with Gasteiger partial charge in [-0.15, -0.1) is 5.10 Å². The van der Waals surface area contributed by atoms with Gasteiger partial charge in [-0.2, -0.15) is 0 Å². The molecular formula is C18H22N6O2. The number of benzene rings is 1. The number of carbonyl (C=O) groups excluding carboxylic acids is 2. The Balaban J connectivity index is 1.56. The number of hydrogen-bond acceptors (Lipinski definition) is 5. The Morgan fingerprint density at radius 3 is 2.69 bits per heavy atom. The Labute approximate surface area is 151 Å². The quantitative estimate of drug-likeness (QED) is 0.808. The lowest BCUT2D eigenvalue weighted by atomic mass is 9.87. The normalized spacial score (nSPS) is 24.8. The predicted molar refractivity (Wildman–Crippen MR) is 92.7 cm³/mol. The van der Waals surface area contributed by atoms with Crippen molar-refractivity contribution in [3.63, 3.8) is 0 Å². The van der Waals surface area contributed by atoms with Crippen molar-refractivity contribution in [1.29, 1.82) is 0 Å². The minimum absolute atomic E-state index is 0.0182. The van der Waals surface area contributed by atoms with Crippen LogP contribution in [-0.4, -0.2) is 61.5 Å². The van der Waals surface area contributed by atoms with Gasteiger partial charge in [-0.3, -0.25) is 9.59 Å². The Kier molecular flexibility index (Phi) is 4.18. The molecule has 0 saturated carbocycles. The summed E-state index contributed by atoms with van der Waals surface area (Å²) in [6.45, 7) is 5.90. The third-order valence-electron chi connectivity index (χ3n) is 5.62. The Morgan fingerprint density at radius 1 is 1.19 bits per heavy atom. The lowest BCUT2D eigenvalue weighted by Crippen LogP contribution is -2.38. The minimum Gasteiger partial charge on any atom is -0.340 e. The molecule has 4 rings (SSSR count). The van der Waals surface area contributed by atoms with Gasteiger partial charge >= 0.3 is 0 Å². The molecule has 2 aliphatic rings. The van der Waals surface area contributed by atoms with Gasteiger partial charge < -0.3 is 9.80 Å². The van der Waals surface area contributed by atoms with Crippen molar-refractivity contribution in [2.75, 3.05) is 19.6 Å². The van der Waals surface area contributed by atoms with Crippen molar-refractivity contribution in [1.82, 2.24) is 30.0 Å². The summed E-state index contributed by atoms with van der Waals surface area (Å²) in [6, 6.07) is 8.24. The van der Waals surface area contributed by atoms with Gasteiger partial charge in [-0.1, -0.05) is 24.3 Å². The van der Waals surface area contributed by atoms with Gasteiger partial charge in [0.1, 0.15) is 12.9 Å². The molecule has 0 unspecified atom stereocenters. The number of aryl methyl sites for hydroxylation is 1. The number of tetrazole rings is 1. The molecule has 0 bridgehead atoms. The van der Waals surface area contributed by atoms with Crippen LogP contribution in [0.1, 0.15) is 24.1 Å². The van der Waals surface area contributed by atoms with E-state index in [4.69, 9.17) is 0 Å². The highest BCUT2D eigenvalue weighted by atomic mass is 16.2. The first-order valence-electron chi connectivity index (χ1n) is 8.86. The summed E-state index contributed by atoms with van der Waals surface area (Å²) in [6.07, 6.45) is 1.45. The Bertz CT molecular complexity index is 821. The molecule has 136 valence electrons. The van der Waals surface area contributed by atoms with Crippen LogP contribution in [0.25, 0.3) is 0 Å². The number of aromatic nitrogens is 4. The zero-order valence-corrected chi connectivity index (χ0v) is 14.9. The smallest absolute Gasteiger partial charge is 0.244 e. The molecule has 1 aromatic carbocycles. The second-order valence-electron chi connectivity index (χ2n) is 7.20. The number of hydrogen-bond donors (Lipinski definition) is 0. The summed E-state index contributed by atoms with van der Waals surface area (Å²) in [4.78, 5) is 28.7. The van der Waals surface area contributed by atoms with E-state index < -0.39 is 0 Å². The fourth-order valence-corrected chi connectivity index (χ4v) is 4.38. The fraction of sp³-hybridized carbons (Fsp3) is 0.500. The maximum Gasteiger partial charge on any atom is 0.244 e. The summed E-state index contributed by atoms with van der Waals surface area (Å²) < 4.78 is 1.44. The highest BCUT2D eigenvalue weighted by molar-refractivity contribution is 5.77. The van der Waals surface area contributed by atoms with Crippen LogP contribution in [0.2, 0.25) is 0 Å². The molecule has 2 amide bonds. The SMILES string of the molecule is CC(=O)N1C[C@H]2CN(C(=O)Cn3cnnn3)C[C@H]2[C@H]1c1ccccc1C. The fourth-order valence-electron chi connectivity index (χ4n) is 4.38. The lowest BCUT2D eigenvalue weighted by molar-refractivity contribution is -0.132. The summed E-state index contributed by atoms with van der Waals surface area (Å²) >= 11 is 0. The van der Waals surface area contributed by atoms with Gasteiger partial charge in [0.2, 0.25) is 11.8 Å². The molecule has 1 aromatic heterocycles. The number of nitrogens with zero attached hydrogens (tertiary/aromatic N) is 6. The summed E-state index contributed by atoms with van der Waals surface area (Å²) in [7, 11) is 0. The zero-order valence-electron chi connectivity index (χ0n) is 14.9. The number of fused-ring (bicyclic) bond motifs is 1. The van der Waals surface area contributed by atoms with Gasteiger partial charge in [-0.05, 0) is 28.5 Å². The van der Waals surface area contributed by atoms with Crippen molar-refractivity contribution < 1.29 is 9.59 Å². The molecule has 2 fully saturated rings. The van der Waals surface area contributed by atoms with Gasteiger partial charge in [0.25, 0.3) is 0 Å². The molecule has 0 radical (unpaired) electrons. The Hall–Kier alpha value is -2.77. The average molecular weight is 354 g/mol. The topological polar surface area (TPSA) is 84.2 Å². The standard InChI is InChI=1S/C18H22N6O2/c1-12-5-3-4-6-15(12)18-16-9-22(7-14(16)8-24(18)13(2)25)17(26)10-23-11-19-20-21-23/h3-6,11,14,16,18H,7-10H2,1-2H3/t14-,16-,18-/m1/s1. The Morgan fingerprint density at radius 2 is 2.00 bits per heavy atom. The van der Waals surface area contributed by atoms with E-state index in [-0.39, 0.29) is 30.3 Å². The molecule has 3 heterocycles. The lowest BCUT2D eigenvalue weighted by Gasteiger charge is -2.30. The number of amides is 2. The van der Waals surface area contributed by atoms with Crippen molar-refractivity contribution in [2.45, 2.75) is 26.4 Å². The minimum atomic E-state index is 0.0182. The maximum absolute atomic E-state index is 12.6. The summed E-state index contributed by atoms with van der Waals surface area (Å²) in [5.74, 6) is 0.683. The molecule has 8 nitrogen and oxygen atoms in total. The molecule has 0 aliphatic carbocycles. The van der Waals surface area contributed by atoms with Crippen molar-refractivity contribution in [2.24, 2.45) is 11.8 Å². The van der Waals surface area contributed by atoms with Crippen molar-refractivity contribution >= 4 is 11.8 Å². The number of likely N-dealkylation sites (tertiary alicyclic amines) is 2. The monoisotopic (exact) mass is 354 g/mol. The predicted octanol–water partition coefficient (Wildman–Crippen LogP) is 0.660. The van der Waals surface area contributed by atoms with Crippen LogP contribution in [-0.2, 0) is 16.1 Å². The van der Waals surface area contributed by atoms with Gasteiger partial charge in [-0.25, -0.2) is 4.68 Å². The van der Waals surface area contributed by atoms with E-state index in [9.17, 15) is 9.59 Å². The molecular weight excluding hydrogens is 332 g/mol. The van der Waals surface area contributed by atoms with Crippen LogP contribution in [0.4, 0.5) is 0 Å². The van der Waals surface area contributed by atoms with E-state index >= 15 is 0 Å². The first kappa shape index (κ1) is 16.7. The largest absolute Gasteiger partial charge is 0.340 e. The van der Waals surface area contributed by atoms with Crippen LogP contribution in [0.15, 0.2) is 30.6 Å². The average Bonchev–Trinajstić information content (AvgIpc) is 3.30. The van der Waals surface area contributed by atoms with Gasteiger partial charge in [0, 0.05) is 38.4 Å². The third kappa shape index (κ3) is 2.85. The molecule has 3 atom stereocenters. The highest BCUT2D eigenvalue weighted by Gasteiger charge is 2.49. The van der Waals surface area contributed by atoms with Crippen molar-refractivity contribution in [3.05, 3.63) is 41.7 Å². The van der Waals surface area contributed by atoms with Crippen LogP contribution in [0, 0.1) is 18.8 Å². The van der Waals surface area contributed by atoms with Crippen LogP contribution in [0.5, 0.6) is 0 Å². The van der Waals surface area contributed by atoms with E-state index in [1.165, 1.54) is 22.1 Å². The van der Waals surface area contributed by atoms with E-state index in [1.807, 2.05) is 21.9 Å². The highest BCUT2D eigenvalue weighted by Crippen LogP contribution is 2.45. The molecule has 2 saturated heterocycles. The second kappa shape index (κ2) is 6.51. The number of carbonyl (C=O) groups is 2. The molecule has 8 heteroatoms. The molecule has 2 aromatic rings. The van der Waals surface area contributed by atoms with Gasteiger partial charge in [0.15, 0.2) is 0 Å².